The van der Waals surface area contributed by atoms with Crippen LogP contribution in [-0.2, 0) is 28.0 Å². The second-order valence-electron chi connectivity index (χ2n) is 8.35. The van der Waals surface area contributed by atoms with Crippen LogP contribution in [0.5, 0.6) is 5.75 Å². The first kappa shape index (κ1) is 25.2. The average Bonchev–Trinajstić information content (AvgIpc) is 2.81. The van der Waals surface area contributed by atoms with Gasteiger partial charge >= 0.3 is 0 Å². The van der Waals surface area contributed by atoms with E-state index in [4.69, 9.17) is 4.74 Å². The van der Waals surface area contributed by atoms with Gasteiger partial charge in [-0.3, -0.25) is 9.10 Å². The van der Waals surface area contributed by atoms with Gasteiger partial charge in [0.2, 0.25) is 15.9 Å². The first-order chi connectivity index (χ1) is 16.1. The fourth-order valence-corrected chi connectivity index (χ4v) is 4.12. The highest BCUT2D eigenvalue weighted by Gasteiger charge is 2.21. The van der Waals surface area contributed by atoms with Gasteiger partial charge < -0.3 is 10.1 Å². The summed E-state index contributed by atoms with van der Waals surface area (Å²) >= 11 is 0. The van der Waals surface area contributed by atoms with E-state index in [1.165, 1.54) is 12.1 Å². The maximum absolute atomic E-state index is 13.0. The molecule has 0 aliphatic heterocycles. The van der Waals surface area contributed by atoms with Gasteiger partial charge in [0.15, 0.2) is 0 Å². The van der Waals surface area contributed by atoms with Crippen molar-refractivity contribution in [3.05, 3.63) is 95.3 Å². The molecule has 0 saturated heterocycles. The molecule has 0 saturated carbocycles. The summed E-state index contributed by atoms with van der Waals surface area (Å²) in [7, 11) is -3.63. The molecule has 6 nitrogen and oxygen atoms in total. The Morgan fingerprint density at radius 1 is 0.941 bits per heavy atom. The number of carbonyl (C=O) groups excluding carboxylic acids is 1. The number of rotatable bonds is 10. The van der Waals surface area contributed by atoms with E-state index in [1.54, 1.807) is 36.4 Å². The smallest absolute Gasteiger partial charge is 0.241 e. The highest BCUT2D eigenvalue weighted by Crippen LogP contribution is 2.22. The van der Waals surface area contributed by atoms with E-state index in [9.17, 15) is 17.6 Å². The lowest BCUT2D eigenvalue weighted by Gasteiger charge is -2.22. The molecule has 0 aliphatic rings. The SMILES string of the molecule is CC(C)c1ccc(N(CC(=O)NCc2ccc(OCc3ccc(F)cc3)cc2)S(C)(=O)=O)cc1. The second-order valence-corrected chi connectivity index (χ2v) is 10.3. The van der Waals surface area contributed by atoms with Crippen LogP contribution >= 0.6 is 0 Å². The molecule has 0 fully saturated rings. The minimum absolute atomic E-state index is 0.251. The first-order valence-electron chi connectivity index (χ1n) is 10.9. The number of sulfonamides is 1. The number of benzene rings is 3. The Morgan fingerprint density at radius 2 is 1.53 bits per heavy atom. The van der Waals surface area contributed by atoms with Gasteiger partial charge in [-0.2, -0.15) is 0 Å². The molecule has 180 valence electrons. The molecular weight excluding hydrogens is 455 g/mol. The normalized spacial score (nSPS) is 11.3. The van der Waals surface area contributed by atoms with E-state index < -0.39 is 15.9 Å². The zero-order chi connectivity index (χ0) is 24.7. The molecule has 0 aliphatic carbocycles. The molecule has 1 amide bonds. The van der Waals surface area contributed by atoms with E-state index in [-0.39, 0.29) is 18.9 Å². The number of hydrogen-bond acceptors (Lipinski definition) is 4. The summed E-state index contributed by atoms with van der Waals surface area (Å²) in [6, 6.07) is 20.5. The fourth-order valence-electron chi connectivity index (χ4n) is 3.26. The first-order valence-corrected chi connectivity index (χ1v) is 12.8. The van der Waals surface area contributed by atoms with Crippen molar-refractivity contribution in [1.29, 1.82) is 0 Å². The van der Waals surface area contributed by atoms with Crippen LogP contribution in [0.2, 0.25) is 0 Å². The van der Waals surface area contributed by atoms with Gasteiger partial charge in [-0.05, 0) is 59.0 Å². The Kier molecular flexibility index (Phi) is 8.28. The second kappa shape index (κ2) is 11.2. The third-order valence-electron chi connectivity index (χ3n) is 5.27. The number of carbonyl (C=O) groups is 1. The molecule has 0 bridgehead atoms. The summed E-state index contributed by atoms with van der Waals surface area (Å²) in [5.74, 6) is 0.269. The largest absolute Gasteiger partial charge is 0.489 e. The van der Waals surface area contributed by atoms with Crippen LogP contribution < -0.4 is 14.4 Å². The highest BCUT2D eigenvalue weighted by molar-refractivity contribution is 7.92. The number of halogens is 1. The minimum Gasteiger partial charge on any atom is -0.489 e. The third kappa shape index (κ3) is 7.31. The summed E-state index contributed by atoms with van der Waals surface area (Å²) in [4.78, 5) is 12.5. The van der Waals surface area contributed by atoms with Crippen LogP contribution in [0.15, 0.2) is 72.8 Å². The van der Waals surface area contributed by atoms with E-state index in [1.807, 2.05) is 24.3 Å². The Morgan fingerprint density at radius 3 is 2.09 bits per heavy atom. The summed E-state index contributed by atoms with van der Waals surface area (Å²) in [6.07, 6.45) is 1.08. The molecule has 3 aromatic carbocycles. The molecule has 3 rings (SSSR count). The van der Waals surface area contributed by atoms with Gasteiger partial charge in [0.1, 0.15) is 24.7 Å². The van der Waals surface area contributed by atoms with Crippen LogP contribution in [0, 0.1) is 5.82 Å². The quantitative estimate of drug-likeness (QED) is 0.456. The number of nitrogens with zero attached hydrogens (tertiary/aromatic N) is 1. The Hall–Kier alpha value is -3.39. The minimum atomic E-state index is -3.63. The molecular formula is C26H29FN2O4S. The van der Waals surface area contributed by atoms with Crippen molar-refractivity contribution < 1.29 is 22.3 Å². The van der Waals surface area contributed by atoms with Crippen molar-refractivity contribution in [1.82, 2.24) is 5.32 Å². The fraction of sp³-hybridized carbons (Fsp3) is 0.269. The van der Waals surface area contributed by atoms with Gasteiger partial charge in [0.05, 0.1) is 11.9 Å². The predicted molar refractivity (Wildman–Crippen MR) is 132 cm³/mol. The number of amides is 1. The molecule has 0 radical (unpaired) electrons. The van der Waals surface area contributed by atoms with Gasteiger partial charge in [0, 0.05) is 6.54 Å². The van der Waals surface area contributed by atoms with Gasteiger partial charge in [-0.1, -0.05) is 50.2 Å². The summed E-state index contributed by atoms with van der Waals surface area (Å²) in [6.45, 7) is 4.37. The third-order valence-corrected chi connectivity index (χ3v) is 6.41. The standard InChI is InChI=1S/C26H29FN2O4S/c1-19(2)22-8-12-24(13-9-22)29(34(3,31)32)17-26(30)28-16-20-6-14-25(15-7-20)33-18-21-4-10-23(27)11-5-21/h4-15,19H,16-18H2,1-3H3,(H,28,30). The number of ether oxygens (including phenoxy) is 1. The van der Waals surface area contributed by atoms with Crippen molar-refractivity contribution in [2.24, 2.45) is 0 Å². The summed E-state index contributed by atoms with van der Waals surface area (Å²) in [5, 5.41) is 2.76. The zero-order valence-corrected chi connectivity index (χ0v) is 20.3. The van der Waals surface area contributed by atoms with Gasteiger partial charge in [-0.15, -0.1) is 0 Å². The maximum Gasteiger partial charge on any atom is 0.241 e. The van der Waals surface area contributed by atoms with Crippen molar-refractivity contribution in [3.63, 3.8) is 0 Å². The molecule has 3 aromatic rings. The van der Waals surface area contributed by atoms with E-state index in [0.717, 1.165) is 27.3 Å². The summed E-state index contributed by atoms with van der Waals surface area (Å²) < 4.78 is 44.3. The molecule has 8 heteroatoms. The van der Waals surface area contributed by atoms with Gasteiger partial charge in [-0.25, -0.2) is 12.8 Å². The van der Waals surface area contributed by atoms with E-state index in [0.29, 0.717) is 24.0 Å². The molecule has 0 atom stereocenters. The molecule has 0 heterocycles. The zero-order valence-electron chi connectivity index (χ0n) is 19.5. The van der Waals surface area contributed by atoms with Crippen LogP contribution in [0.25, 0.3) is 0 Å². The number of nitrogens with one attached hydrogen (secondary N) is 1. The van der Waals surface area contributed by atoms with E-state index in [2.05, 4.69) is 19.2 Å². The monoisotopic (exact) mass is 484 g/mol. The van der Waals surface area contributed by atoms with Crippen LogP contribution in [0.1, 0.15) is 36.5 Å². The van der Waals surface area contributed by atoms with Crippen LogP contribution in [0.3, 0.4) is 0 Å². The Balaban J connectivity index is 1.54. The number of anilines is 1. The van der Waals surface area contributed by atoms with Gasteiger partial charge in [0.25, 0.3) is 0 Å². The lowest BCUT2D eigenvalue weighted by Crippen LogP contribution is -2.40. The number of hydrogen-bond donors (Lipinski definition) is 1. The molecule has 0 aromatic heterocycles. The molecule has 1 N–H and O–H groups in total. The molecule has 34 heavy (non-hydrogen) atoms. The lowest BCUT2D eigenvalue weighted by molar-refractivity contribution is -0.119. The summed E-state index contributed by atoms with van der Waals surface area (Å²) in [5.41, 5.74) is 3.23. The maximum atomic E-state index is 13.0. The Bertz CT molecular complexity index is 1190. The topological polar surface area (TPSA) is 75.7 Å². The Labute approximate surface area is 200 Å². The molecule has 0 unspecified atom stereocenters. The van der Waals surface area contributed by atoms with Crippen molar-refractivity contribution >= 4 is 21.6 Å². The van der Waals surface area contributed by atoms with Crippen molar-refractivity contribution in [2.45, 2.75) is 32.9 Å². The lowest BCUT2D eigenvalue weighted by atomic mass is 10.0. The highest BCUT2D eigenvalue weighted by atomic mass is 32.2. The van der Waals surface area contributed by atoms with Crippen LogP contribution in [0.4, 0.5) is 10.1 Å². The van der Waals surface area contributed by atoms with Crippen LogP contribution in [-0.4, -0.2) is 27.1 Å². The van der Waals surface area contributed by atoms with Crippen molar-refractivity contribution in [2.75, 3.05) is 17.1 Å². The predicted octanol–water partition coefficient (Wildman–Crippen LogP) is 4.61. The van der Waals surface area contributed by atoms with Crippen molar-refractivity contribution in [3.8, 4) is 5.75 Å². The molecule has 0 spiro atoms. The van der Waals surface area contributed by atoms with E-state index >= 15 is 0 Å². The average molecular weight is 485 g/mol.